The molecule has 0 radical (unpaired) electrons. The quantitative estimate of drug-likeness (QED) is 0.747. The van der Waals surface area contributed by atoms with E-state index in [1.165, 1.54) is 12.8 Å². The number of hydrogen-bond acceptors (Lipinski definition) is 4. The number of fused-ring (bicyclic) bond motifs is 2. The number of rotatable bonds is 2. The van der Waals surface area contributed by atoms with E-state index in [4.69, 9.17) is 4.74 Å². The molecule has 0 aromatic carbocycles. The highest BCUT2D eigenvalue weighted by molar-refractivity contribution is 5.89. The van der Waals surface area contributed by atoms with Gasteiger partial charge in [0.2, 0.25) is 0 Å². The van der Waals surface area contributed by atoms with Gasteiger partial charge in [-0.05, 0) is 32.0 Å². The number of pyridine rings is 1. The number of piperidine rings is 1. The van der Waals surface area contributed by atoms with Gasteiger partial charge in [0.15, 0.2) is 0 Å². The van der Waals surface area contributed by atoms with Crippen molar-refractivity contribution < 1.29 is 9.53 Å². The summed E-state index contributed by atoms with van der Waals surface area (Å²) in [6.07, 6.45) is 7.71. The van der Waals surface area contributed by atoms with Gasteiger partial charge in [0.05, 0.1) is 5.56 Å². The van der Waals surface area contributed by atoms with Crippen molar-refractivity contribution in [2.75, 3.05) is 7.05 Å². The molecule has 1 aromatic rings. The summed E-state index contributed by atoms with van der Waals surface area (Å²) in [6.45, 7) is 0. The molecular weight excluding hydrogens is 228 g/mol. The largest absolute Gasteiger partial charge is 0.459 e. The lowest BCUT2D eigenvalue weighted by atomic mass is 10.0. The van der Waals surface area contributed by atoms with E-state index in [-0.39, 0.29) is 12.1 Å². The fraction of sp³-hybridized carbons (Fsp3) is 0.571. The minimum absolute atomic E-state index is 0.0754. The summed E-state index contributed by atoms with van der Waals surface area (Å²) in [6, 6.07) is 4.69. The van der Waals surface area contributed by atoms with Crippen molar-refractivity contribution in [1.29, 1.82) is 0 Å². The summed E-state index contributed by atoms with van der Waals surface area (Å²) < 4.78 is 5.60. The van der Waals surface area contributed by atoms with Gasteiger partial charge in [-0.1, -0.05) is 0 Å². The highest BCUT2D eigenvalue weighted by atomic mass is 16.5. The molecule has 4 heteroatoms. The van der Waals surface area contributed by atoms with E-state index in [1.54, 1.807) is 24.5 Å². The van der Waals surface area contributed by atoms with Crippen LogP contribution in [0.25, 0.3) is 0 Å². The van der Waals surface area contributed by atoms with Crippen molar-refractivity contribution >= 4 is 5.97 Å². The Balaban J connectivity index is 1.63. The molecule has 3 rings (SSSR count). The normalized spacial score (nSPS) is 31.3. The zero-order valence-corrected chi connectivity index (χ0v) is 10.6. The number of hydrogen-bond donors (Lipinski definition) is 0. The SMILES string of the molecule is CN1[C@@H]2CC[C@H]1CC(OC(=O)c1cccnc1)C2. The Morgan fingerprint density at radius 3 is 2.72 bits per heavy atom. The van der Waals surface area contributed by atoms with Crippen LogP contribution in [0.5, 0.6) is 0 Å². The van der Waals surface area contributed by atoms with Crippen LogP contribution < -0.4 is 0 Å². The molecule has 2 aliphatic heterocycles. The minimum atomic E-state index is -0.239. The van der Waals surface area contributed by atoms with Gasteiger partial charge in [-0.15, -0.1) is 0 Å². The molecule has 2 aliphatic rings. The first-order valence-electron chi connectivity index (χ1n) is 6.57. The lowest BCUT2D eigenvalue weighted by molar-refractivity contribution is -0.000484. The van der Waals surface area contributed by atoms with E-state index >= 15 is 0 Å². The molecule has 1 unspecified atom stereocenters. The minimum Gasteiger partial charge on any atom is -0.459 e. The third-order valence-corrected chi connectivity index (χ3v) is 4.23. The van der Waals surface area contributed by atoms with E-state index in [0.29, 0.717) is 17.6 Å². The Kier molecular flexibility index (Phi) is 3.04. The average Bonchev–Trinajstić information content (AvgIpc) is 2.63. The molecule has 0 N–H and O–H groups in total. The molecule has 18 heavy (non-hydrogen) atoms. The van der Waals surface area contributed by atoms with Crippen LogP contribution in [0.3, 0.4) is 0 Å². The third-order valence-electron chi connectivity index (χ3n) is 4.23. The van der Waals surface area contributed by atoms with E-state index in [1.807, 2.05) is 0 Å². The summed E-state index contributed by atoms with van der Waals surface area (Å²) in [5.41, 5.74) is 0.545. The first-order valence-corrected chi connectivity index (χ1v) is 6.57. The first kappa shape index (κ1) is 11.7. The van der Waals surface area contributed by atoms with E-state index in [0.717, 1.165) is 12.8 Å². The van der Waals surface area contributed by atoms with Crippen LogP contribution >= 0.6 is 0 Å². The number of esters is 1. The molecule has 96 valence electrons. The lowest BCUT2D eigenvalue weighted by Gasteiger charge is -2.35. The molecule has 0 saturated carbocycles. The van der Waals surface area contributed by atoms with Gasteiger partial charge in [0, 0.05) is 37.3 Å². The van der Waals surface area contributed by atoms with E-state index in [2.05, 4.69) is 16.9 Å². The standard InChI is InChI=1S/C14H18N2O2/c1-16-11-4-5-12(16)8-13(7-11)18-14(17)10-3-2-6-15-9-10/h2-3,6,9,11-13H,4-5,7-8H2,1H3/t11-,12+,13?. The maximum Gasteiger partial charge on any atom is 0.339 e. The number of aromatic nitrogens is 1. The van der Waals surface area contributed by atoms with Crippen LogP contribution in [0.15, 0.2) is 24.5 Å². The van der Waals surface area contributed by atoms with E-state index in [9.17, 15) is 4.79 Å². The van der Waals surface area contributed by atoms with Crippen LogP contribution in [0, 0.1) is 0 Å². The second-order valence-corrected chi connectivity index (χ2v) is 5.29. The Morgan fingerprint density at radius 2 is 2.11 bits per heavy atom. The number of ether oxygens (including phenoxy) is 1. The molecule has 2 bridgehead atoms. The third kappa shape index (κ3) is 2.12. The number of nitrogens with zero attached hydrogens (tertiary/aromatic N) is 2. The van der Waals surface area contributed by atoms with Gasteiger partial charge >= 0.3 is 5.97 Å². The van der Waals surface area contributed by atoms with Gasteiger partial charge < -0.3 is 9.64 Å². The van der Waals surface area contributed by atoms with Crippen molar-refractivity contribution in [2.45, 2.75) is 43.9 Å². The van der Waals surface area contributed by atoms with Gasteiger partial charge in [0.1, 0.15) is 6.10 Å². The van der Waals surface area contributed by atoms with Gasteiger partial charge in [0.25, 0.3) is 0 Å². The zero-order chi connectivity index (χ0) is 12.5. The molecule has 4 nitrogen and oxygen atoms in total. The Labute approximate surface area is 107 Å². The topological polar surface area (TPSA) is 42.4 Å². The molecular formula is C14H18N2O2. The summed E-state index contributed by atoms with van der Waals surface area (Å²) >= 11 is 0. The molecule has 0 aliphatic carbocycles. The number of carbonyl (C=O) groups is 1. The van der Waals surface area contributed by atoms with Crippen molar-refractivity contribution in [1.82, 2.24) is 9.88 Å². The van der Waals surface area contributed by atoms with Gasteiger partial charge in [-0.3, -0.25) is 4.98 Å². The lowest BCUT2D eigenvalue weighted by Crippen LogP contribution is -2.43. The highest BCUT2D eigenvalue weighted by Crippen LogP contribution is 2.35. The monoisotopic (exact) mass is 246 g/mol. The number of carbonyl (C=O) groups excluding carboxylic acids is 1. The fourth-order valence-corrected chi connectivity index (χ4v) is 3.16. The van der Waals surface area contributed by atoms with Crippen LogP contribution in [0.2, 0.25) is 0 Å². The van der Waals surface area contributed by atoms with Crippen molar-refractivity contribution in [3.05, 3.63) is 30.1 Å². The summed E-state index contributed by atoms with van der Waals surface area (Å²) in [4.78, 5) is 18.3. The molecule has 3 heterocycles. The molecule has 1 aromatic heterocycles. The van der Waals surface area contributed by atoms with Gasteiger partial charge in [-0.2, -0.15) is 0 Å². The van der Waals surface area contributed by atoms with Crippen molar-refractivity contribution in [3.8, 4) is 0 Å². The fourth-order valence-electron chi connectivity index (χ4n) is 3.16. The highest BCUT2D eigenvalue weighted by Gasteiger charge is 2.39. The second-order valence-electron chi connectivity index (χ2n) is 5.29. The maximum atomic E-state index is 12.0. The van der Waals surface area contributed by atoms with Crippen LogP contribution in [0.1, 0.15) is 36.0 Å². The first-order chi connectivity index (χ1) is 8.74. The average molecular weight is 246 g/mol. The maximum absolute atomic E-state index is 12.0. The second kappa shape index (κ2) is 4.69. The zero-order valence-electron chi connectivity index (χ0n) is 10.6. The predicted octanol–water partition coefficient (Wildman–Crippen LogP) is 1.86. The smallest absolute Gasteiger partial charge is 0.339 e. The molecule has 0 spiro atoms. The summed E-state index contributed by atoms with van der Waals surface area (Å²) in [5, 5.41) is 0. The van der Waals surface area contributed by atoms with Gasteiger partial charge in [-0.25, -0.2) is 4.79 Å². The molecule has 3 atom stereocenters. The molecule has 2 saturated heterocycles. The van der Waals surface area contributed by atoms with E-state index < -0.39 is 0 Å². The Hall–Kier alpha value is -1.42. The van der Waals surface area contributed by atoms with Crippen LogP contribution in [-0.4, -0.2) is 41.1 Å². The predicted molar refractivity (Wildman–Crippen MR) is 67.2 cm³/mol. The summed E-state index contributed by atoms with van der Waals surface area (Å²) in [5.74, 6) is -0.239. The van der Waals surface area contributed by atoms with Crippen molar-refractivity contribution in [3.63, 3.8) is 0 Å². The molecule has 2 fully saturated rings. The molecule has 0 amide bonds. The summed E-state index contributed by atoms with van der Waals surface area (Å²) in [7, 11) is 2.18. The Morgan fingerprint density at radius 1 is 1.39 bits per heavy atom. The van der Waals surface area contributed by atoms with Crippen LogP contribution in [0.4, 0.5) is 0 Å². The van der Waals surface area contributed by atoms with Crippen molar-refractivity contribution in [2.24, 2.45) is 0 Å². The van der Waals surface area contributed by atoms with Crippen LogP contribution in [-0.2, 0) is 4.74 Å². The Bertz CT molecular complexity index is 421.